The Kier molecular flexibility index (Phi) is 7.02. The standard InChI is InChI=1S/C24H40ClNO4S/c1-23(2)18-13-14-24(23,21(15-18)30-22(27)16-25)17-31(28,29)26(19-9-5-3-6-10-19)20-11-7-4-8-12-20/h18-21H,3-17H2,1-2H3/t18-,21-,24+/m0/s1. The second kappa shape index (κ2) is 9.13. The zero-order valence-corrected chi connectivity index (χ0v) is 20.9. The lowest BCUT2D eigenvalue weighted by molar-refractivity contribution is -0.153. The fourth-order valence-electron chi connectivity index (χ4n) is 7.52. The molecule has 0 unspecified atom stereocenters. The van der Waals surface area contributed by atoms with Crippen LogP contribution in [0.25, 0.3) is 0 Å². The number of rotatable bonds is 7. The molecule has 31 heavy (non-hydrogen) atoms. The summed E-state index contributed by atoms with van der Waals surface area (Å²) in [5.41, 5.74) is -0.679. The molecule has 178 valence electrons. The van der Waals surface area contributed by atoms with E-state index >= 15 is 0 Å². The van der Waals surface area contributed by atoms with Crippen LogP contribution in [0.15, 0.2) is 0 Å². The van der Waals surface area contributed by atoms with E-state index in [-0.39, 0.29) is 35.2 Å². The molecule has 4 rings (SSSR count). The fraction of sp³-hybridized carbons (Fsp3) is 0.958. The Morgan fingerprint density at radius 2 is 1.52 bits per heavy atom. The Bertz CT molecular complexity index is 740. The van der Waals surface area contributed by atoms with E-state index in [9.17, 15) is 13.2 Å². The Balaban J connectivity index is 1.65. The third-order valence-corrected chi connectivity index (χ3v) is 11.7. The molecule has 4 aliphatic carbocycles. The van der Waals surface area contributed by atoms with Crippen LogP contribution in [-0.2, 0) is 19.6 Å². The number of hydrogen-bond donors (Lipinski definition) is 0. The van der Waals surface area contributed by atoms with E-state index in [1.807, 2.05) is 4.31 Å². The van der Waals surface area contributed by atoms with E-state index in [0.717, 1.165) is 70.6 Å². The van der Waals surface area contributed by atoms with Gasteiger partial charge in [0.25, 0.3) is 0 Å². The first kappa shape index (κ1) is 23.8. The van der Waals surface area contributed by atoms with E-state index < -0.39 is 21.4 Å². The summed E-state index contributed by atoms with van der Waals surface area (Å²) in [5.74, 6) is -0.103. The molecule has 0 amide bonds. The molecule has 7 heteroatoms. The molecule has 0 radical (unpaired) electrons. The Morgan fingerprint density at radius 3 is 2.00 bits per heavy atom. The smallest absolute Gasteiger partial charge is 0.321 e. The highest BCUT2D eigenvalue weighted by molar-refractivity contribution is 7.89. The van der Waals surface area contributed by atoms with E-state index in [1.165, 1.54) is 12.8 Å². The lowest BCUT2D eigenvalue weighted by Gasteiger charge is -2.46. The van der Waals surface area contributed by atoms with E-state index in [0.29, 0.717) is 5.92 Å². The fourth-order valence-corrected chi connectivity index (χ4v) is 10.4. The van der Waals surface area contributed by atoms with Crippen molar-refractivity contribution in [2.45, 2.75) is 116 Å². The molecule has 2 bridgehead atoms. The van der Waals surface area contributed by atoms with Crippen molar-refractivity contribution in [2.24, 2.45) is 16.7 Å². The van der Waals surface area contributed by atoms with Crippen LogP contribution in [-0.4, -0.2) is 48.5 Å². The SMILES string of the molecule is CC1(C)[C@H]2CC[C@@]1(CS(=O)(=O)N(C1CCCCC1)C1CCCCC1)[C@@H](OC(=O)CCl)C2. The van der Waals surface area contributed by atoms with Gasteiger partial charge in [-0.15, -0.1) is 11.6 Å². The maximum absolute atomic E-state index is 14.2. The van der Waals surface area contributed by atoms with Gasteiger partial charge < -0.3 is 4.74 Å². The largest absolute Gasteiger partial charge is 0.461 e. The van der Waals surface area contributed by atoms with Crippen LogP contribution in [0.1, 0.15) is 97.3 Å². The molecule has 4 saturated carbocycles. The predicted molar refractivity (Wildman–Crippen MR) is 124 cm³/mol. The molecule has 0 heterocycles. The molecule has 0 N–H and O–H groups in total. The molecule has 4 fully saturated rings. The molecule has 5 nitrogen and oxygen atoms in total. The molecule has 0 aliphatic heterocycles. The van der Waals surface area contributed by atoms with Gasteiger partial charge in [-0.1, -0.05) is 52.4 Å². The first-order valence-electron chi connectivity index (χ1n) is 12.5. The summed E-state index contributed by atoms with van der Waals surface area (Å²) in [6.45, 7) is 4.39. The van der Waals surface area contributed by atoms with Crippen LogP contribution in [0, 0.1) is 16.7 Å². The van der Waals surface area contributed by atoms with Crippen LogP contribution in [0.5, 0.6) is 0 Å². The number of hydrogen-bond acceptors (Lipinski definition) is 4. The van der Waals surface area contributed by atoms with Gasteiger partial charge in [-0.25, -0.2) is 8.42 Å². The number of fused-ring (bicyclic) bond motifs is 2. The van der Waals surface area contributed by atoms with Crippen molar-refractivity contribution in [3.63, 3.8) is 0 Å². The molecule has 0 saturated heterocycles. The van der Waals surface area contributed by atoms with Crippen LogP contribution < -0.4 is 0 Å². The molecule has 0 aromatic rings. The summed E-state index contributed by atoms with van der Waals surface area (Å²) in [6.07, 6.45) is 13.1. The number of carbonyl (C=O) groups is 1. The Morgan fingerprint density at radius 1 is 0.968 bits per heavy atom. The Hall–Kier alpha value is -0.330. The second-order valence-corrected chi connectivity index (χ2v) is 13.3. The van der Waals surface area contributed by atoms with Crippen LogP contribution in [0.2, 0.25) is 0 Å². The highest BCUT2D eigenvalue weighted by atomic mass is 35.5. The Labute approximate surface area is 193 Å². The number of carbonyl (C=O) groups excluding carboxylic acids is 1. The van der Waals surface area contributed by atoms with Gasteiger partial charge in [0.05, 0.1) is 5.75 Å². The van der Waals surface area contributed by atoms with Crippen molar-refractivity contribution in [1.29, 1.82) is 0 Å². The first-order valence-corrected chi connectivity index (χ1v) is 14.6. The third kappa shape index (κ3) is 4.30. The monoisotopic (exact) mass is 473 g/mol. The summed E-state index contributed by atoms with van der Waals surface area (Å²) in [5, 5.41) is 0. The van der Waals surface area contributed by atoms with Gasteiger partial charge in [0, 0.05) is 17.5 Å². The van der Waals surface area contributed by atoms with Crippen molar-refractivity contribution in [1.82, 2.24) is 4.31 Å². The van der Waals surface area contributed by atoms with Gasteiger partial charge in [-0.2, -0.15) is 4.31 Å². The van der Waals surface area contributed by atoms with Crippen LogP contribution >= 0.6 is 11.6 Å². The maximum Gasteiger partial charge on any atom is 0.321 e. The van der Waals surface area contributed by atoms with E-state index in [4.69, 9.17) is 16.3 Å². The van der Waals surface area contributed by atoms with Gasteiger partial charge in [0.15, 0.2) is 0 Å². The third-order valence-electron chi connectivity index (χ3n) is 9.37. The minimum Gasteiger partial charge on any atom is -0.461 e. The molecular weight excluding hydrogens is 434 g/mol. The number of nitrogens with zero attached hydrogens (tertiary/aromatic N) is 1. The molecule has 4 aliphatic rings. The average Bonchev–Trinajstić information content (AvgIpc) is 3.09. The molecule has 3 atom stereocenters. The quantitative estimate of drug-likeness (QED) is 0.373. The van der Waals surface area contributed by atoms with Gasteiger partial charge in [-0.3, -0.25) is 4.79 Å². The van der Waals surface area contributed by atoms with Crippen molar-refractivity contribution in [2.75, 3.05) is 11.6 Å². The molecule has 0 aromatic carbocycles. The highest BCUT2D eigenvalue weighted by Gasteiger charge is 2.67. The summed E-state index contributed by atoms with van der Waals surface area (Å²) in [7, 11) is -3.49. The highest BCUT2D eigenvalue weighted by Crippen LogP contribution is 2.67. The summed E-state index contributed by atoms with van der Waals surface area (Å²) in [4.78, 5) is 12.1. The van der Waals surface area contributed by atoms with Gasteiger partial charge >= 0.3 is 5.97 Å². The predicted octanol–water partition coefficient (Wildman–Crippen LogP) is 5.26. The number of sulfonamides is 1. The van der Waals surface area contributed by atoms with E-state index in [2.05, 4.69) is 13.8 Å². The lowest BCUT2D eigenvalue weighted by Crippen LogP contribution is -2.54. The van der Waals surface area contributed by atoms with E-state index in [1.54, 1.807) is 0 Å². The normalized spacial score (nSPS) is 34.3. The molecular formula is C24H40ClNO4S. The number of ether oxygens (including phenoxy) is 1. The minimum absolute atomic E-state index is 0.108. The summed E-state index contributed by atoms with van der Waals surface area (Å²) in [6, 6.07) is 0.285. The zero-order valence-electron chi connectivity index (χ0n) is 19.3. The minimum atomic E-state index is -3.49. The topological polar surface area (TPSA) is 63.7 Å². The summed E-state index contributed by atoms with van der Waals surface area (Å²) >= 11 is 5.73. The first-order chi connectivity index (χ1) is 14.7. The lowest BCUT2D eigenvalue weighted by atomic mass is 9.69. The van der Waals surface area contributed by atoms with Crippen molar-refractivity contribution >= 4 is 27.6 Å². The van der Waals surface area contributed by atoms with Crippen molar-refractivity contribution < 1.29 is 17.9 Å². The number of alkyl halides is 1. The summed E-state index contributed by atoms with van der Waals surface area (Å²) < 4.78 is 36.2. The van der Waals surface area contributed by atoms with Crippen molar-refractivity contribution in [3.05, 3.63) is 0 Å². The van der Waals surface area contributed by atoms with Gasteiger partial charge in [-0.05, 0) is 56.3 Å². The van der Waals surface area contributed by atoms with Gasteiger partial charge in [0.1, 0.15) is 12.0 Å². The van der Waals surface area contributed by atoms with Crippen molar-refractivity contribution in [3.8, 4) is 0 Å². The maximum atomic E-state index is 14.2. The number of halogens is 1. The molecule has 0 spiro atoms. The van der Waals surface area contributed by atoms with Gasteiger partial charge in [0.2, 0.25) is 10.0 Å². The second-order valence-electron chi connectivity index (χ2n) is 11.1. The van der Waals surface area contributed by atoms with Crippen LogP contribution in [0.3, 0.4) is 0 Å². The molecule has 0 aromatic heterocycles. The zero-order chi connectivity index (χ0) is 22.3. The number of esters is 1. The van der Waals surface area contributed by atoms with Crippen LogP contribution in [0.4, 0.5) is 0 Å². The average molecular weight is 474 g/mol.